The largest absolute Gasteiger partial charge is 0.506 e. The molecule has 2 aromatic carbocycles. The highest BCUT2D eigenvalue weighted by atomic mass is 32.2. The van der Waals surface area contributed by atoms with Gasteiger partial charge in [-0.25, -0.2) is 13.1 Å². The number of anilines is 1. The van der Waals surface area contributed by atoms with Gasteiger partial charge in [0, 0.05) is 24.3 Å². The summed E-state index contributed by atoms with van der Waals surface area (Å²) in [6.45, 7) is 6.18. The number of nitrogens with one attached hydrogen (secondary N) is 1. The molecular weight excluding hydrogens is 440 g/mol. The molecule has 8 nitrogen and oxygen atoms in total. The number of amides is 1. The fourth-order valence-electron chi connectivity index (χ4n) is 4.19. The zero-order chi connectivity index (χ0) is 23.8. The summed E-state index contributed by atoms with van der Waals surface area (Å²) in [7, 11) is -3.73. The van der Waals surface area contributed by atoms with E-state index >= 15 is 0 Å². The second-order valence-corrected chi connectivity index (χ2v) is 10.0. The second kappa shape index (κ2) is 8.99. The van der Waals surface area contributed by atoms with Crippen LogP contribution in [0.4, 0.5) is 5.69 Å². The molecule has 0 unspecified atom stereocenters. The lowest BCUT2D eigenvalue weighted by Gasteiger charge is -2.19. The average molecular weight is 469 g/mol. The molecule has 1 aliphatic rings. The van der Waals surface area contributed by atoms with Crippen molar-refractivity contribution < 1.29 is 18.3 Å². The number of phenolic OH excluding ortho intramolecular Hbond substituents is 1. The summed E-state index contributed by atoms with van der Waals surface area (Å²) < 4.78 is 28.9. The lowest BCUT2D eigenvalue weighted by molar-refractivity contribution is 0.102. The van der Waals surface area contributed by atoms with Gasteiger partial charge in [-0.2, -0.15) is 9.40 Å². The first-order valence-corrected chi connectivity index (χ1v) is 12.5. The lowest BCUT2D eigenvalue weighted by Crippen LogP contribution is -2.30. The van der Waals surface area contributed by atoms with Crippen molar-refractivity contribution >= 4 is 21.6 Å². The molecule has 2 N–H and O–H groups in total. The standard InChI is InChI=1S/C24H28N4O4S/c1-4-27(5-2)33(31,32)18-13-14-22(29)20(15-18)25-24(30)23-19-7-6-8-21(19)28(26-23)17-11-9-16(3)10-12-17/h9-15,29H,4-8H2,1-3H3,(H,25,30). The van der Waals surface area contributed by atoms with Crippen molar-refractivity contribution in [3.63, 3.8) is 0 Å². The average Bonchev–Trinajstić information content (AvgIpc) is 3.39. The predicted octanol–water partition coefficient (Wildman–Crippen LogP) is 3.66. The van der Waals surface area contributed by atoms with Crippen LogP contribution in [0.25, 0.3) is 5.69 Å². The van der Waals surface area contributed by atoms with Crippen LogP contribution in [0.5, 0.6) is 5.75 Å². The molecule has 0 aliphatic heterocycles. The Balaban J connectivity index is 1.67. The minimum absolute atomic E-state index is 0.00899. The number of carbonyl (C=O) groups is 1. The maximum absolute atomic E-state index is 13.2. The highest BCUT2D eigenvalue weighted by molar-refractivity contribution is 7.89. The number of aryl methyl sites for hydroxylation is 1. The van der Waals surface area contributed by atoms with Gasteiger partial charge in [-0.3, -0.25) is 4.79 Å². The number of nitrogens with zero attached hydrogens (tertiary/aromatic N) is 3. The van der Waals surface area contributed by atoms with Gasteiger partial charge in [0.1, 0.15) is 5.75 Å². The van der Waals surface area contributed by atoms with Crippen LogP contribution < -0.4 is 5.32 Å². The van der Waals surface area contributed by atoms with E-state index in [-0.39, 0.29) is 16.3 Å². The summed E-state index contributed by atoms with van der Waals surface area (Å²) in [6.07, 6.45) is 2.50. The third kappa shape index (κ3) is 4.26. The molecule has 1 amide bonds. The van der Waals surface area contributed by atoms with Crippen molar-refractivity contribution in [2.75, 3.05) is 18.4 Å². The topological polar surface area (TPSA) is 105 Å². The molecule has 4 rings (SSSR count). The third-order valence-corrected chi connectivity index (χ3v) is 8.03. The van der Waals surface area contributed by atoms with Crippen molar-refractivity contribution in [1.29, 1.82) is 0 Å². The molecule has 0 bridgehead atoms. The van der Waals surface area contributed by atoms with Gasteiger partial charge in [0.25, 0.3) is 5.91 Å². The van der Waals surface area contributed by atoms with Gasteiger partial charge in [0.05, 0.1) is 16.3 Å². The first-order valence-electron chi connectivity index (χ1n) is 11.1. The van der Waals surface area contributed by atoms with E-state index in [2.05, 4.69) is 10.4 Å². The summed E-state index contributed by atoms with van der Waals surface area (Å²) in [5, 5.41) is 17.6. The van der Waals surface area contributed by atoms with Crippen LogP contribution in [0, 0.1) is 6.92 Å². The van der Waals surface area contributed by atoms with Gasteiger partial charge in [-0.05, 0) is 56.5 Å². The van der Waals surface area contributed by atoms with Crippen molar-refractivity contribution in [2.45, 2.75) is 44.9 Å². The van der Waals surface area contributed by atoms with Crippen LogP contribution >= 0.6 is 0 Å². The molecule has 0 saturated heterocycles. The Morgan fingerprint density at radius 1 is 1.12 bits per heavy atom. The lowest BCUT2D eigenvalue weighted by atomic mass is 10.2. The summed E-state index contributed by atoms with van der Waals surface area (Å²) >= 11 is 0. The van der Waals surface area contributed by atoms with E-state index in [1.807, 2.05) is 31.2 Å². The molecule has 1 aromatic heterocycles. The molecule has 0 spiro atoms. The predicted molar refractivity (Wildman–Crippen MR) is 126 cm³/mol. The van der Waals surface area contributed by atoms with E-state index < -0.39 is 15.9 Å². The zero-order valence-corrected chi connectivity index (χ0v) is 19.8. The molecule has 0 radical (unpaired) electrons. The summed E-state index contributed by atoms with van der Waals surface area (Å²) in [4.78, 5) is 13.2. The minimum Gasteiger partial charge on any atom is -0.506 e. The molecule has 3 aromatic rings. The van der Waals surface area contributed by atoms with Crippen molar-refractivity contribution in [2.24, 2.45) is 0 Å². The van der Waals surface area contributed by atoms with Gasteiger partial charge < -0.3 is 10.4 Å². The van der Waals surface area contributed by atoms with Crippen LogP contribution in [0.1, 0.15) is 47.6 Å². The highest BCUT2D eigenvalue weighted by Gasteiger charge is 2.28. The quantitative estimate of drug-likeness (QED) is 0.515. The number of aromatic hydroxyl groups is 1. The SMILES string of the molecule is CCN(CC)S(=O)(=O)c1ccc(O)c(NC(=O)c2nn(-c3ccc(C)cc3)c3c2CCC3)c1. The monoisotopic (exact) mass is 468 g/mol. The fraction of sp³-hybridized carbons (Fsp3) is 0.333. The molecule has 174 valence electrons. The molecule has 1 heterocycles. The fourth-order valence-corrected chi connectivity index (χ4v) is 5.67. The van der Waals surface area contributed by atoms with Gasteiger partial charge in [-0.15, -0.1) is 0 Å². The zero-order valence-electron chi connectivity index (χ0n) is 19.0. The number of hydrogen-bond acceptors (Lipinski definition) is 5. The maximum atomic E-state index is 13.2. The normalized spacial score (nSPS) is 13.3. The Morgan fingerprint density at radius 2 is 1.82 bits per heavy atom. The summed E-state index contributed by atoms with van der Waals surface area (Å²) in [6, 6.07) is 11.8. The molecule has 0 fully saturated rings. The molecule has 9 heteroatoms. The van der Waals surface area contributed by atoms with E-state index in [4.69, 9.17) is 0 Å². The Bertz CT molecular complexity index is 1290. The van der Waals surface area contributed by atoms with Crippen molar-refractivity contribution in [3.05, 3.63) is 65.0 Å². The van der Waals surface area contributed by atoms with Gasteiger partial charge in [0.15, 0.2) is 5.69 Å². The van der Waals surface area contributed by atoms with E-state index in [0.717, 1.165) is 41.8 Å². The number of fused-ring (bicyclic) bond motifs is 1. The van der Waals surface area contributed by atoms with Crippen LogP contribution in [0.15, 0.2) is 47.4 Å². The molecular formula is C24H28N4O4S. The smallest absolute Gasteiger partial charge is 0.276 e. The van der Waals surface area contributed by atoms with Crippen LogP contribution in [0.3, 0.4) is 0 Å². The van der Waals surface area contributed by atoms with Crippen LogP contribution in [-0.2, 0) is 22.9 Å². The van der Waals surface area contributed by atoms with Crippen molar-refractivity contribution in [3.8, 4) is 11.4 Å². The van der Waals surface area contributed by atoms with Crippen molar-refractivity contribution in [1.82, 2.24) is 14.1 Å². The Morgan fingerprint density at radius 3 is 2.48 bits per heavy atom. The van der Waals surface area contributed by atoms with E-state index in [9.17, 15) is 18.3 Å². The Hall–Kier alpha value is -3.17. The van der Waals surface area contributed by atoms with Crippen LogP contribution in [-0.4, -0.2) is 46.6 Å². The van der Waals surface area contributed by atoms with Gasteiger partial charge in [-0.1, -0.05) is 31.5 Å². The van der Waals surface area contributed by atoms with E-state index in [0.29, 0.717) is 18.8 Å². The first-order chi connectivity index (χ1) is 15.8. The maximum Gasteiger partial charge on any atom is 0.276 e. The number of rotatable bonds is 7. The number of benzene rings is 2. The minimum atomic E-state index is -3.73. The number of phenols is 1. The summed E-state index contributed by atoms with van der Waals surface area (Å²) in [5.74, 6) is -0.692. The van der Waals surface area contributed by atoms with Gasteiger partial charge >= 0.3 is 0 Å². The first kappa shape index (κ1) is 23.0. The molecule has 1 aliphatic carbocycles. The number of hydrogen-bond donors (Lipinski definition) is 2. The number of carbonyl (C=O) groups excluding carboxylic acids is 1. The third-order valence-electron chi connectivity index (χ3n) is 5.98. The molecule has 0 saturated carbocycles. The number of sulfonamides is 1. The highest BCUT2D eigenvalue weighted by Crippen LogP contribution is 2.31. The van der Waals surface area contributed by atoms with E-state index in [1.165, 1.54) is 22.5 Å². The number of aromatic nitrogens is 2. The van der Waals surface area contributed by atoms with Crippen LogP contribution in [0.2, 0.25) is 0 Å². The molecule has 0 atom stereocenters. The molecule has 33 heavy (non-hydrogen) atoms. The Kier molecular flexibility index (Phi) is 6.27. The van der Waals surface area contributed by atoms with E-state index in [1.54, 1.807) is 18.5 Å². The van der Waals surface area contributed by atoms with Gasteiger partial charge in [0.2, 0.25) is 10.0 Å². The Labute approximate surface area is 193 Å². The summed E-state index contributed by atoms with van der Waals surface area (Å²) in [5.41, 5.74) is 4.23. The second-order valence-electron chi connectivity index (χ2n) is 8.10.